The predicted octanol–water partition coefficient (Wildman–Crippen LogP) is 6.90. The Hall–Kier alpha value is -2.53. The van der Waals surface area contributed by atoms with E-state index in [1.54, 1.807) is 0 Å². The van der Waals surface area contributed by atoms with Gasteiger partial charge in [-0.3, -0.25) is 4.79 Å². The maximum atomic E-state index is 13.7. The quantitative estimate of drug-likeness (QED) is 0.313. The van der Waals surface area contributed by atoms with Crippen LogP contribution in [-0.2, 0) is 17.3 Å². The van der Waals surface area contributed by atoms with Crippen LogP contribution in [0.3, 0.4) is 0 Å². The van der Waals surface area contributed by atoms with Crippen LogP contribution in [0.4, 0.5) is 5.69 Å². The minimum atomic E-state index is -0.298. The van der Waals surface area contributed by atoms with Crippen molar-refractivity contribution in [3.8, 4) is 5.75 Å². The Morgan fingerprint density at radius 3 is 2.11 bits per heavy atom. The lowest BCUT2D eigenvalue weighted by Gasteiger charge is -2.28. The van der Waals surface area contributed by atoms with E-state index in [0.29, 0.717) is 11.5 Å². The van der Waals surface area contributed by atoms with E-state index in [1.165, 1.54) is 5.56 Å². The van der Waals surface area contributed by atoms with Crippen LogP contribution in [0.25, 0.3) is 0 Å². The summed E-state index contributed by atoms with van der Waals surface area (Å²) in [4.78, 5) is 15.7. The number of phenolic OH excluding ortho intramolecular Hbond substituents is 1. The van der Waals surface area contributed by atoms with Gasteiger partial charge in [0.15, 0.2) is 5.78 Å². The zero-order valence-electron chi connectivity index (χ0n) is 22.9. The van der Waals surface area contributed by atoms with Gasteiger partial charge < -0.3 is 15.7 Å². The Kier molecular flexibility index (Phi) is 8.44. The molecule has 0 spiro atoms. The summed E-state index contributed by atoms with van der Waals surface area (Å²) in [5.41, 5.74) is 9.40. The van der Waals surface area contributed by atoms with Gasteiger partial charge in [0.1, 0.15) is 11.6 Å². The molecule has 2 aromatic rings. The lowest BCUT2D eigenvalue weighted by atomic mass is 9.78. The fourth-order valence-corrected chi connectivity index (χ4v) is 5.48. The minimum Gasteiger partial charge on any atom is -0.507 e. The third kappa shape index (κ3) is 6.23. The molecule has 0 aromatic heterocycles. The molecule has 1 heterocycles. The zero-order valence-corrected chi connectivity index (χ0v) is 23.6. The number of amidine groups is 1. The number of benzene rings is 2. The van der Waals surface area contributed by atoms with E-state index in [9.17, 15) is 9.90 Å². The van der Waals surface area contributed by atoms with Gasteiger partial charge in [0, 0.05) is 46.6 Å². The van der Waals surface area contributed by atoms with E-state index in [4.69, 9.17) is 17.5 Å². The first-order valence-corrected chi connectivity index (χ1v) is 13.3. The Bertz CT molecular complexity index is 1080. The second-order valence-corrected chi connectivity index (χ2v) is 12.4. The monoisotopic (exact) mass is 511 g/mol. The summed E-state index contributed by atoms with van der Waals surface area (Å²) in [7, 11) is 0. The normalized spacial score (nSPS) is 19.8. The maximum Gasteiger partial charge on any atom is 0.182 e. The van der Waals surface area contributed by atoms with Crippen LogP contribution in [0.15, 0.2) is 40.9 Å². The molecule has 0 radical (unpaired) electrons. The van der Waals surface area contributed by atoms with Gasteiger partial charge in [-0.2, -0.15) is 4.51 Å². The summed E-state index contributed by atoms with van der Waals surface area (Å²) in [6.45, 7) is 15.5. The van der Waals surface area contributed by atoms with E-state index in [1.807, 2.05) is 24.3 Å². The topological polar surface area (TPSA) is 78.9 Å². The molecule has 6 heteroatoms. The van der Waals surface area contributed by atoms with Crippen LogP contribution < -0.4 is 5.73 Å². The molecule has 196 valence electrons. The van der Waals surface area contributed by atoms with Crippen molar-refractivity contribution in [1.29, 1.82) is 0 Å². The zero-order chi connectivity index (χ0) is 26.8. The molecule has 2 aromatic carbocycles. The largest absolute Gasteiger partial charge is 0.507 e. The van der Waals surface area contributed by atoms with Crippen LogP contribution in [0.5, 0.6) is 5.75 Å². The number of hydrogen-bond acceptors (Lipinski definition) is 4. The molecule has 2 atom stereocenters. The number of hydrogen-bond donors (Lipinski definition) is 2. The van der Waals surface area contributed by atoms with Crippen molar-refractivity contribution in [2.24, 2.45) is 16.3 Å². The summed E-state index contributed by atoms with van der Waals surface area (Å²) in [5, 5.41) is 11.1. The molecule has 0 unspecified atom stereocenters. The van der Waals surface area contributed by atoms with Gasteiger partial charge >= 0.3 is 0 Å². The van der Waals surface area contributed by atoms with Crippen LogP contribution in [0.2, 0.25) is 0 Å². The number of carbonyl (C=O) groups is 1. The third-order valence-corrected chi connectivity index (χ3v) is 7.42. The first kappa shape index (κ1) is 28.0. The number of nitrogens with zero attached hydrogens (tertiary/aromatic N) is 2. The molecule has 1 aliphatic rings. The number of anilines is 1. The van der Waals surface area contributed by atoms with E-state index in [-0.39, 0.29) is 34.8 Å². The number of phenols is 1. The number of nitrogen functional groups attached to an aromatic ring is 1. The Labute approximate surface area is 221 Å². The SMILES string of the molecule is CCC[C@H]1CN(CC(=O)c2cc(C(C)(C)C)c(O)c(C(C)(C)C)c2)C(=NCl)[C@@H]1Cc1ccc(N)cc1. The van der Waals surface area contributed by atoms with Crippen molar-refractivity contribution >= 4 is 29.1 Å². The fourth-order valence-electron chi connectivity index (χ4n) is 5.24. The second kappa shape index (κ2) is 10.8. The van der Waals surface area contributed by atoms with E-state index in [0.717, 1.165) is 48.5 Å². The first-order valence-electron chi connectivity index (χ1n) is 13.0. The van der Waals surface area contributed by atoms with Gasteiger partial charge in [-0.15, -0.1) is 0 Å². The van der Waals surface area contributed by atoms with Crippen LogP contribution >= 0.6 is 11.8 Å². The van der Waals surface area contributed by atoms with Gasteiger partial charge in [-0.05, 0) is 59.4 Å². The predicted molar refractivity (Wildman–Crippen MR) is 151 cm³/mol. The van der Waals surface area contributed by atoms with Crippen LogP contribution in [0.1, 0.15) is 88.4 Å². The Balaban J connectivity index is 1.92. The van der Waals surface area contributed by atoms with Crippen molar-refractivity contribution < 1.29 is 9.90 Å². The molecule has 36 heavy (non-hydrogen) atoms. The Morgan fingerprint density at radius 1 is 1.08 bits per heavy atom. The Morgan fingerprint density at radius 2 is 1.64 bits per heavy atom. The number of rotatable bonds is 7. The van der Waals surface area contributed by atoms with E-state index < -0.39 is 0 Å². The maximum absolute atomic E-state index is 13.7. The standard InChI is InChI=1S/C30H42ClN3O2/c1-8-9-20-17-34(28(33-31)23(20)14-19-10-12-22(32)13-11-19)18-26(35)21-15-24(29(2,3)4)27(36)25(16-21)30(5,6)7/h10-13,15-16,20,23,36H,8-9,14,17-18,32H2,1-7H3/t20-,23+/m0/s1. The van der Waals surface area contributed by atoms with Gasteiger partial charge in [0.2, 0.25) is 0 Å². The summed E-state index contributed by atoms with van der Waals surface area (Å²) < 4.78 is 4.17. The third-order valence-electron chi connectivity index (χ3n) is 7.24. The molecule has 1 aliphatic heterocycles. The molecule has 5 nitrogen and oxygen atoms in total. The van der Waals surface area contributed by atoms with Crippen LogP contribution in [0, 0.1) is 11.8 Å². The molecule has 1 saturated heterocycles. The number of aromatic hydroxyl groups is 1. The highest BCUT2D eigenvalue weighted by molar-refractivity contribution is 6.20. The molecule has 0 aliphatic carbocycles. The van der Waals surface area contributed by atoms with Crippen molar-refractivity contribution in [2.45, 2.75) is 78.6 Å². The van der Waals surface area contributed by atoms with E-state index >= 15 is 0 Å². The van der Waals surface area contributed by atoms with Crippen molar-refractivity contribution in [2.75, 3.05) is 18.8 Å². The second-order valence-electron chi connectivity index (χ2n) is 12.3. The van der Waals surface area contributed by atoms with Gasteiger partial charge in [-0.1, -0.05) is 67.0 Å². The summed E-state index contributed by atoms with van der Waals surface area (Å²) in [6, 6.07) is 11.7. The lowest BCUT2D eigenvalue weighted by molar-refractivity contribution is 0.0963. The highest BCUT2D eigenvalue weighted by atomic mass is 35.5. The number of ketones is 1. The summed E-state index contributed by atoms with van der Waals surface area (Å²) >= 11 is 6.16. The summed E-state index contributed by atoms with van der Waals surface area (Å²) in [5.74, 6) is 1.59. The highest BCUT2D eigenvalue weighted by Crippen LogP contribution is 2.40. The average molecular weight is 512 g/mol. The molecule has 1 fully saturated rings. The number of halogens is 1. The van der Waals surface area contributed by atoms with Crippen molar-refractivity contribution in [1.82, 2.24) is 4.90 Å². The fraction of sp³-hybridized carbons (Fsp3) is 0.533. The van der Waals surface area contributed by atoms with Crippen LogP contribution in [-0.4, -0.2) is 34.7 Å². The number of Topliss-reactive ketones (excluding diaryl/α,β-unsaturated/α-hetero) is 1. The van der Waals surface area contributed by atoms with Crippen molar-refractivity contribution in [3.63, 3.8) is 0 Å². The van der Waals surface area contributed by atoms with Crippen molar-refractivity contribution in [3.05, 3.63) is 58.7 Å². The smallest absolute Gasteiger partial charge is 0.182 e. The number of carbonyl (C=O) groups excluding carboxylic acids is 1. The van der Waals surface area contributed by atoms with E-state index in [2.05, 4.69) is 70.0 Å². The minimum absolute atomic E-state index is 0.00667. The van der Waals surface area contributed by atoms with Gasteiger partial charge in [0.05, 0.1) is 6.54 Å². The molecule has 0 saturated carbocycles. The molecule has 0 amide bonds. The number of nitrogens with two attached hydrogens (primary N) is 1. The lowest BCUT2D eigenvalue weighted by Crippen LogP contribution is -2.33. The molecular formula is C30H42ClN3O2. The number of likely N-dealkylation sites (tertiary alicyclic amines) is 1. The van der Waals surface area contributed by atoms with Gasteiger partial charge in [-0.25, -0.2) is 0 Å². The molecular weight excluding hydrogens is 470 g/mol. The van der Waals surface area contributed by atoms with Gasteiger partial charge in [0.25, 0.3) is 0 Å². The summed E-state index contributed by atoms with van der Waals surface area (Å²) in [6.07, 6.45) is 2.91. The molecule has 3 rings (SSSR count). The average Bonchev–Trinajstić information content (AvgIpc) is 3.09. The highest BCUT2D eigenvalue weighted by Gasteiger charge is 2.39. The molecule has 0 bridgehead atoms. The first-order chi connectivity index (χ1) is 16.8. The molecule has 3 N–H and O–H groups in total.